The molecule has 2 heterocycles. The molecule has 2 fully saturated rings. The van der Waals surface area contributed by atoms with Crippen LogP contribution in [0.25, 0.3) is 10.8 Å². The number of rotatable bonds is 12. The van der Waals surface area contributed by atoms with E-state index in [1.807, 2.05) is 48.5 Å². The summed E-state index contributed by atoms with van der Waals surface area (Å²) in [4.78, 5) is 56.6. The first-order chi connectivity index (χ1) is 25.4. The van der Waals surface area contributed by atoms with Crippen LogP contribution >= 0.6 is 11.8 Å². The quantitative estimate of drug-likeness (QED) is 0.101. The van der Waals surface area contributed by atoms with Gasteiger partial charge in [-0.25, -0.2) is 4.68 Å². The fourth-order valence-electron chi connectivity index (χ4n) is 7.57. The summed E-state index contributed by atoms with van der Waals surface area (Å²) in [6.45, 7) is 3.33. The minimum absolute atomic E-state index is 0.0853. The maximum absolute atomic E-state index is 14.8. The van der Waals surface area contributed by atoms with E-state index in [1.54, 1.807) is 36.7 Å². The number of carbonyl (C=O) groups is 4. The molecule has 1 aliphatic heterocycles. The molecule has 6 rings (SSSR count). The van der Waals surface area contributed by atoms with Gasteiger partial charge in [0.25, 0.3) is 11.1 Å². The molecule has 4 amide bonds. The number of hydrogen-bond donors (Lipinski definition) is 5. The number of nitrogen functional groups attached to an aromatic ring is 1. The molecule has 0 spiro atoms. The lowest BCUT2D eigenvalue weighted by atomic mass is 9.84. The highest BCUT2D eigenvalue weighted by atomic mass is 32.2. The molecule has 1 saturated carbocycles. The van der Waals surface area contributed by atoms with Gasteiger partial charge in [-0.05, 0) is 78.5 Å². The summed E-state index contributed by atoms with van der Waals surface area (Å²) in [5.41, 5.74) is 12.4. The number of carbonyl (C=O) groups excluding carboxylic acids is 4. The molecule has 13 nitrogen and oxygen atoms in total. The van der Waals surface area contributed by atoms with Gasteiger partial charge in [0.2, 0.25) is 11.8 Å². The van der Waals surface area contributed by atoms with Gasteiger partial charge >= 0.3 is 0 Å². The SMILES string of the molecule is CC(C)(O)c1cnnn1[C@H]1C[C@@H](C(=O)NC(Cc2ccc(N)cc2)SC(N)=O)N(C(=O)[C@@H](CC2CCCCC2)NC(=O)c2ccc3ccccc3c2)C1. The van der Waals surface area contributed by atoms with Crippen LogP contribution < -0.4 is 22.1 Å². The Kier molecular flexibility index (Phi) is 11.7. The Morgan fingerprint density at radius 2 is 1.70 bits per heavy atom. The largest absolute Gasteiger partial charge is 0.399 e. The number of thioether (sulfide) groups is 1. The molecule has 14 heteroatoms. The van der Waals surface area contributed by atoms with Crippen LogP contribution in [0.1, 0.15) is 86.5 Å². The van der Waals surface area contributed by atoms with Gasteiger partial charge in [0.15, 0.2) is 0 Å². The molecule has 4 aromatic rings. The number of nitrogens with two attached hydrogens (primary N) is 2. The molecule has 53 heavy (non-hydrogen) atoms. The number of aliphatic hydroxyl groups is 1. The summed E-state index contributed by atoms with van der Waals surface area (Å²) in [5, 5.41) is 25.8. The number of nitrogens with zero attached hydrogens (tertiary/aromatic N) is 4. The second kappa shape index (κ2) is 16.4. The molecule has 2 aliphatic rings. The predicted octanol–water partition coefficient (Wildman–Crippen LogP) is 4.65. The van der Waals surface area contributed by atoms with Crippen molar-refractivity contribution in [1.82, 2.24) is 30.5 Å². The van der Waals surface area contributed by atoms with Gasteiger partial charge in [0.1, 0.15) is 17.7 Å². The van der Waals surface area contributed by atoms with E-state index in [0.717, 1.165) is 60.2 Å². The zero-order valence-electron chi connectivity index (χ0n) is 30.1. The Balaban J connectivity index is 1.30. The average Bonchev–Trinajstić information content (AvgIpc) is 3.81. The standard InChI is InChI=1S/C39H48N8O5S/c1-39(2,52)33-22-42-45-47(33)30-21-32(36(49)44-34(53-38(41)51)19-25-12-16-29(40)17-13-25)46(23-30)37(50)31(18-24-8-4-3-5-9-24)43-35(48)28-15-14-26-10-6-7-11-27(26)20-28/h6-7,10-17,20,22,24,30-32,34,52H,3-5,8-9,18-19,21,23,40H2,1-2H3,(H2,41,51)(H,43,48)(H,44,49)/t30-,31+,32-,34?/m0/s1. The fourth-order valence-corrected chi connectivity index (χ4v) is 8.30. The van der Waals surface area contributed by atoms with Crippen molar-refractivity contribution in [1.29, 1.82) is 0 Å². The molecule has 1 aliphatic carbocycles. The van der Waals surface area contributed by atoms with Crippen LogP contribution in [0.4, 0.5) is 10.5 Å². The van der Waals surface area contributed by atoms with Gasteiger partial charge < -0.3 is 32.1 Å². The highest BCUT2D eigenvalue weighted by molar-refractivity contribution is 8.14. The van der Waals surface area contributed by atoms with Crippen molar-refractivity contribution in [2.24, 2.45) is 11.7 Å². The molecule has 280 valence electrons. The second-order valence-corrected chi connectivity index (χ2v) is 15.9. The molecule has 1 unspecified atom stereocenters. The number of anilines is 1. The van der Waals surface area contributed by atoms with E-state index in [1.165, 1.54) is 11.1 Å². The van der Waals surface area contributed by atoms with Gasteiger partial charge in [-0.3, -0.25) is 19.2 Å². The summed E-state index contributed by atoms with van der Waals surface area (Å²) >= 11 is 0.791. The van der Waals surface area contributed by atoms with Gasteiger partial charge in [0, 0.05) is 30.6 Å². The monoisotopic (exact) mass is 740 g/mol. The van der Waals surface area contributed by atoms with E-state index in [9.17, 15) is 24.3 Å². The Morgan fingerprint density at radius 1 is 0.981 bits per heavy atom. The summed E-state index contributed by atoms with van der Waals surface area (Å²) in [6, 6.07) is 17.9. The maximum Gasteiger partial charge on any atom is 0.278 e. The maximum atomic E-state index is 14.8. The first-order valence-electron chi connectivity index (χ1n) is 18.2. The van der Waals surface area contributed by atoms with Crippen molar-refractivity contribution < 1.29 is 24.3 Å². The number of benzene rings is 3. The number of nitrogens with one attached hydrogen (secondary N) is 2. The third-order valence-electron chi connectivity index (χ3n) is 10.3. The summed E-state index contributed by atoms with van der Waals surface area (Å²) < 4.78 is 1.57. The number of fused-ring (bicyclic) bond motifs is 1. The van der Waals surface area contributed by atoms with E-state index in [2.05, 4.69) is 20.9 Å². The zero-order chi connectivity index (χ0) is 37.7. The molecular formula is C39H48N8O5S. The van der Waals surface area contributed by atoms with Gasteiger partial charge in [-0.15, -0.1) is 5.10 Å². The van der Waals surface area contributed by atoms with Crippen LogP contribution in [-0.2, 0) is 21.6 Å². The minimum atomic E-state index is -1.29. The highest BCUT2D eigenvalue weighted by Crippen LogP contribution is 2.34. The van der Waals surface area contributed by atoms with E-state index in [-0.39, 0.29) is 37.1 Å². The first-order valence-corrected chi connectivity index (χ1v) is 19.1. The van der Waals surface area contributed by atoms with Crippen molar-refractivity contribution >= 4 is 51.2 Å². The molecule has 7 N–H and O–H groups in total. The van der Waals surface area contributed by atoms with Crippen molar-refractivity contribution in [2.45, 2.75) is 94.3 Å². The predicted molar refractivity (Wildman–Crippen MR) is 204 cm³/mol. The Morgan fingerprint density at radius 3 is 2.40 bits per heavy atom. The molecule has 3 aromatic carbocycles. The number of amides is 4. The third-order valence-corrected chi connectivity index (χ3v) is 11.1. The lowest BCUT2D eigenvalue weighted by Gasteiger charge is -2.32. The summed E-state index contributed by atoms with van der Waals surface area (Å²) in [5.74, 6) is -0.996. The summed E-state index contributed by atoms with van der Waals surface area (Å²) in [7, 11) is 0. The number of hydrogen-bond acceptors (Lipinski definition) is 9. The van der Waals surface area contributed by atoms with E-state index < -0.39 is 40.2 Å². The van der Waals surface area contributed by atoms with Crippen LogP contribution in [0.15, 0.2) is 72.9 Å². The van der Waals surface area contributed by atoms with Crippen LogP contribution in [0.3, 0.4) is 0 Å². The highest BCUT2D eigenvalue weighted by Gasteiger charge is 2.45. The number of primary amides is 1. The average molecular weight is 741 g/mol. The topological polar surface area (TPSA) is 199 Å². The second-order valence-electron chi connectivity index (χ2n) is 14.7. The van der Waals surface area contributed by atoms with Crippen molar-refractivity contribution in [3.8, 4) is 0 Å². The Bertz CT molecular complexity index is 1940. The van der Waals surface area contributed by atoms with Gasteiger partial charge in [0.05, 0.1) is 23.3 Å². The normalized spacial score (nSPS) is 19.1. The molecular weight excluding hydrogens is 693 g/mol. The molecule has 1 aromatic heterocycles. The zero-order valence-corrected chi connectivity index (χ0v) is 30.9. The molecule has 1 saturated heterocycles. The van der Waals surface area contributed by atoms with Crippen molar-refractivity contribution in [3.63, 3.8) is 0 Å². The van der Waals surface area contributed by atoms with Gasteiger partial charge in [-0.2, -0.15) is 0 Å². The lowest BCUT2D eigenvalue weighted by molar-refractivity contribution is -0.140. The lowest BCUT2D eigenvalue weighted by Crippen LogP contribution is -2.55. The smallest absolute Gasteiger partial charge is 0.278 e. The minimum Gasteiger partial charge on any atom is -0.399 e. The Labute approximate surface area is 313 Å². The fraction of sp³-hybridized carbons (Fsp3) is 0.436. The van der Waals surface area contributed by atoms with Crippen LogP contribution in [0.5, 0.6) is 0 Å². The van der Waals surface area contributed by atoms with Crippen molar-refractivity contribution in [2.75, 3.05) is 12.3 Å². The molecule has 4 atom stereocenters. The van der Waals surface area contributed by atoms with E-state index >= 15 is 0 Å². The van der Waals surface area contributed by atoms with E-state index in [4.69, 9.17) is 11.5 Å². The van der Waals surface area contributed by atoms with Crippen LogP contribution in [0, 0.1) is 5.92 Å². The Hall–Kier alpha value is -4.95. The molecule has 0 bridgehead atoms. The van der Waals surface area contributed by atoms with Crippen LogP contribution in [-0.4, -0.2) is 72.0 Å². The van der Waals surface area contributed by atoms with E-state index in [0.29, 0.717) is 23.4 Å². The van der Waals surface area contributed by atoms with Crippen molar-refractivity contribution in [3.05, 3.63) is 89.7 Å². The summed E-state index contributed by atoms with van der Waals surface area (Å²) in [6.07, 6.45) is 7.50. The number of likely N-dealkylation sites (tertiary alicyclic amines) is 1. The molecule has 0 radical (unpaired) electrons. The third kappa shape index (κ3) is 9.35. The first kappa shape index (κ1) is 37.8. The van der Waals surface area contributed by atoms with Crippen LogP contribution in [0.2, 0.25) is 0 Å². The van der Waals surface area contributed by atoms with Gasteiger partial charge in [-0.1, -0.05) is 79.8 Å². The number of aromatic nitrogens is 3.